The zero-order valence-corrected chi connectivity index (χ0v) is 14.7. The van der Waals surface area contributed by atoms with Crippen LogP contribution in [0.4, 0.5) is 0 Å². The maximum Gasteiger partial charge on any atom is 0.109 e. The third-order valence-electron chi connectivity index (χ3n) is 3.93. The van der Waals surface area contributed by atoms with Gasteiger partial charge in [-0.05, 0) is 23.6 Å². The second kappa shape index (κ2) is 8.49. The highest BCUT2D eigenvalue weighted by molar-refractivity contribution is 6.27. The molecule has 0 radical (unpaired) electrons. The van der Waals surface area contributed by atoms with Gasteiger partial charge in [0.15, 0.2) is 0 Å². The van der Waals surface area contributed by atoms with Gasteiger partial charge in [-0.3, -0.25) is 4.99 Å². The molecule has 4 nitrogen and oxygen atoms in total. The van der Waals surface area contributed by atoms with Crippen LogP contribution >= 0.6 is 11.6 Å². The van der Waals surface area contributed by atoms with Gasteiger partial charge in [0, 0.05) is 18.5 Å². The van der Waals surface area contributed by atoms with Gasteiger partial charge in [-0.2, -0.15) is 0 Å². The molecule has 25 heavy (non-hydrogen) atoms. The smallest absolute Gasteiger partial charge is 0.109 e. The lowest BCUT2D eigenvalue weighted by Crippen LogP contribution is -2.13. The maximum absolute atomic E-state index is 5.60. The fourth-order valence-corrected chi connectivity index (χ4v) is 2.73. The minimum atomic E-state index is 0.280. The number of hydrogen-bond donors (Lipinski definition) is 2. The summed E-state index contributed by atoms with van der Waals surface area (Å²) in [5.74, 6) is 1.72. The topological polar surface area (TPSA) is 67.1 Å². The summed E-state index contributed by atoms with van der Waals surface area (Å²) in [6, 6.07) is 18.8. The van der Waals surface area contributed by atoms with Crippen molar-refractivity contribution in [3.8, 4) is 22.4 Å². The van der Waals surface area contributed by atoms with E-state index in [1.807, 2.05) is 12.3 Å². The molecule has 0 bridgehead atoms. The van der Waals surface area contributed by atoms with Gasteiger partial charge in [-0.25, -0.2) is 4.98 Å². The van der Waals surface area contributed by atoms with E-state index in [1.54, 1.807) is 0 Å². The van der Waals surface area contributed by atoms with E-state index < -0.39 is 0 Å². The third-order valence-corrected chi connectivity index (χ3v) is 4.21. The molecule has 0 aliphatic rings. The van der Waals surface area contributed by atoms with Crippen LogP contribution in [0.5, 0.6) is 0 Å². The van der Waals surface area contributed by atoms with E-state index in [9.17, 15) is 0 Å². The normalized spacial score (nSPS) is 11.6. The SMILES string of the molecule is NC(CCl)=NCCCc1ncc(-c2cccc(-c3ccccc3)c2)[nH]1. The van der Waals surface area contributed by atoms with E-state index in [1.165, 1.54) is 11.1 Å². The van der Waals surface area contributed by atoms with Crippen LogP contribution in [0.3, 0.4) is 0 Å². The summed E-state index contributed by atoms with van der Waals surface area (Å²) in [7, 11) is 0. The zero-order chi connectivity index (χ0) is 17.5. The minimum Gasteiger partial charge on any atom is -0.386 e. The predicted molar refractivity (Wildman–Crippen MR) is 105 cm³/mol. The first-order chi connectivity index (χ1) is 12.3. The van der Waals surface area contributed by atoms with Gasteiger partial charge < -0.3 is 10.7 Å². The number of rotatable bonds is 7. The number of amidine groups is 1. The summed E-state index contributed by atoms with van der Waals surface area (Å²) in [6.07, 6.45) is 3.60. The summed E-state index contributed by atoms with van der Waals surface area (Å²) in [5.41, 5.74) is 10.1. The standard InChI is InChI=1S/C20H21ClN4/c21-13-19(22)23-11-5-10-20-24-14-18(25-20)17-9-4-8-16(12-17)15-6-2-1-3-7-15/h1-4,6-9,12,14H,5,10-11,13H2,(H2,22,23)(H,24,25). The van der Waals surface area contributed by atoms with Gasteiger partial charge in [-0.1, -0.05) is 48.5 Å². The molecule has 0 fully saturated rings. The molecule has 0 aliphatic carbocycles. The molecule has 0 unspecified atom stereocenters. The van der Waals surface area contributed by atoms with Crippen LogP contribution in [0, 0.1) is 0 Å². The van der Waals surface area contributed by atoms with Crippen molar-refractivity contribution in [2.24, 2.45) is 10.7 Å². The highest BCUT2D eigenvalue weighted by atomic mass is 35.5. The fraction of sp³-hybridized carbons (Fsp3) is 0.200. The van der Waals surface area contributed by atoms with Crippen molar-refractivity contribution in [1.82, 2.24) is 9.97 Å². The van der Waals surface area contributed by atoms with Gasteiger partial charge in [0.1, 0.15) is 11.7 Å². The van der Waals surface area contributed by atoms with Crippen molar-refractivity contribution in [3.05, 3.63) is 66.6 Å². The van der Waals surface area contributed by atoms with Gasteiger partial charge >= 0.3 is 0 Å². The van der Waals surface area contributed by atoms with E-state index in [2.05, 4.69) is 63.5 Å². The van der Waals surface area contributed by atoms with E-state index in [4.69, 9.17) is 17.3 Å². The van der Waals surface area contributed by atoms with E-state index in [0.717, 1.165) is 29.9 Å². The van der Waals surface area contributed by atoms with Crippen LogP contribution < -0.4 is 5.73 Å². The number of alkyl halides is 1. The highest BCUT2D eigenvalue weighted by Gasteiger charge is 2.05. The molecule has 1 heterocycles. The number of benzene rings is 2. The van der Waals surface area contributed by atoms with Crippen LogP contribution in [-0.4, -0.2) is 28.2 Å². The fourth-order valence-electron chi connectivity index (χ4n) is 2.64. The Hall–Kier alpha value is -2.59. The predicted octanol–water partition coefficient (Wildman–Crippen LogP) is 4.27. The Labute approximate surface area is 152 Å². The number of aromatic amines is 1. The largest absolute Gasteiger partial charge is 0.386 e. The second-order valence-electron chi connectivity index (χ2n) is 5.80. The molecule has 2 aromatic carbocycles. The Kier molecular flexibility index (Phi) is 5.86. The summed E-state index contributed by atoms with van der Waals surface area (Å²) in [5, 5.41) is 0. The molecule has 0 spiro atoms. The number of halogens is 1. The van der Waals surface area contributed by atoms with Crippen molar-refractivity contribution >= 4 is 17.4 Å². The van der Waals surface area contributed by atoms with E-state index in [0.29, 0.717) is 12.4 Å². The first kappa shape index (κ1) is 17.2. The van der Waals surface area contributed by atoms with Gasteiger partial charge in [0.25, 0.3) is 0 Å². The first-order valence-corrected chi connectivity index (χ1v) is 8.84. The zero-order valence-electron chi connectivity index (χ0n) is 14.0. The Morgan fingerprint density at radius 3 is 2.60 bits per heavy atom. The summed E-state index contributed by atoms with van der Waals surface area (Å²) in [4.78, 5) is 12.1. The third kappa shape index (κ3) is 4.70. The van der Waals surface area contributed by atoms with Gasteiger partial charge in [-0.15, -0.1) is 11.6 Å². The van der Waals surface area contributed by atoms with Crippen molar-refractivity contribution in [1.29, 1.82) is 0 Å². The van der Waals surface area contributed by atoms with E-state index in [-0.39, 0.29) is 5.88 Å². The van der Waals surface area contributed by atoms with E-state index >= 15 is 0 Å². The number of nitrogens with two attached hydrogens (primary N) is 1. The van der Waals surface area contributed by atoms with Crippen LogP contribution in [0.1, 0.15) is 12.2 Å². The summed E-state index contributed by atoms with van der Waals surface area (Å²) in [6.45, 7) is 0.665. The number of H-pyrrole nitrogens is 1. The van der Waals surface area contributed by atoms with Crippen LogP contribution in [0.2, 0.25) is 0 Å². The first-order valence-electron chi connectivity index (χ1n) is 8.31. The molecule has 0 saturated heterocycles. The van der Waals surface area contributed by atoms with Crippen molar-refractivity contribution in [3.63, 3.8) is 0 Å². The average Bonchev–Trinajstić information content (AvgIpc) is 3.15. The van der Waals surface area contributed by atoms with Gasteiger partial charge in [0.05, 0.1) is 17.8 Å². The molecule has 1 aromatic heterocycles. The van der Waals surface area contributed by atoms with Crippen LogP contribution in [0.25, 0.3) is 22.4 Å². The highest BCUT2D eigenvalue weighted by Crippen LogP contribution is 2.25. The number of aliphatic imine (C=N–C) groups is 1. The number of nitrogens with one attached hydrogen (secondary N) is 1. The molecule has 5 heteroatoms. The average molecular weight is 353 g/mol. The molecule has 0 saturated carbocycles. The number of aromatic nitrogens is 2. The Morgan fingerprint density at radius 1 is 1.04 bits per heavy atom. The summed E-state index contributed by atoms with van der Waals surface area (Å²) >= 11 is 5.60. The number of imidazole rings is 1. The number of nitrogens with zero attached hydrogens (tertiary/aromatic N) is 2. The quantitative estimate of drug-likeness (QED) is 0.288. The molecular weight excluding hydrogens is 332 g/mol. The van der Waals surface area contributed by atoms with Crippen LogP contribution in [-0.2, 0) is 6.42 Å². The monoisotopic (exact) mass is 352 g/mol. The molecule has 0 aliphatic heterocycles. The Balaban J connectivity index is 1.68. The number of hydrogen-bond acceptors (Lipinski definition) is 2. The van der Waals surface area contributed by atoms with Crippen LogP contribution in [0.15, 0.2) is 65.8 Å². The Morgan fingerprint density at radius 2 is 1.80 bits per heavy atom. The minimum absolute atomic E-state index is 0.280. The lowest BCUT2D eigenvalue weighted by atomic mass is 10.0. The lowest BCUT2D eigenvalue weighted by molar-refractivity contribution is 0.794. The van der Waals surface area contributed by atoms with Crippen molar-refractivity contribution in [2.45, 2.75) is 12.8 Å². The molecule has 0 atom stereocenters. The number of aryl methyl sites for hydroxylation is 1. The van der Waals surface area contributed by atoms with Crippen molar-refractivity contribution < 1.29 is 0 Å². The van der Waals surface area contributed by atoms with Crippen molar-refractivity contribution in [2.75, 3.05) is 12.4 Å². The lowest BCUT2D eigenvalue weighted by Gasteiger charge is -2.04. The molecule has 0 amide bonds. The molecule has 3 aromatic rings. The Bertz CT molecular complexity index is 840. The molecule has 3 rings (SSSR count). The molecule has 3 N–H and O–H groups in total. The molecule has 128 valence electrons. The van der Waals surface area contributed by atoms with Gasteiger partial charge in [0.2, 0.25) is 0 Å². The maximum atomic E-state index is 5.60. The second-order valence-corrected chi connectivity index (χ2v) is 6.07. The summed E-state index contributed by atoms with van der Waals surface area (Å²) < 4.78 is 0. The molecular formula is C20H21ClN4.